The van der Waals surface area contributed by atoms with Gasteiger partial charge in [0.25, 0.3) is 0 Å². The minimum atomic E-state index is -3.84. The lowest BCUT2D eigenvalue weighted by atomic mass is 10.0. The average molecular weight is 542 g/mol. The van der Waals surface area contributed by atoms with E-state index in [1.807, 2.05) is 68.4 Å². The molecule has 3 rings (SSSR count). The molecule has 2 amide bonds. The summed E-state index contributed by atoms with van der Waals surface area (Å²) < 4.78 is 26.6. The first kappa shape index (κ1) is 28.2. The maximum atomic E-state index is 13.9. The van der Waals surface area contributed by atoms with Crippen molar-refractivity contribution in [3.05, 3.63) is 100 Å². The first-order chi connectivity index (χ1) is 17.5. The topological polar surface area (TPSA) is 86.8 Å². The summed E-state index contributed by atoms with van der Waals surface area (Å²) in [6.45, 7) is 3.41. The molecule has 0 aliphatic rings. The van der Waals surface area contributed by atoms with Gasteiger partial charge in [-0.3, -0.25) is 13.9 Å². The first-order valence-electron chi connectivity index (χ1n) is 11.8. The smallest absolute Gasteiger partial charge is 0.244 e. The predicted octanol–water partition coefficient (Wildman–Crippen LogP) is 4.11. The van der Waals surface area contributed by atoms with Crippen molar-refractivity contribution in [3.63, 3.8) is 0 Å². The molecule has 0 bridgehead atoms. The Labute approximate surface area is 224 Å². The van der Waals surface area contributed by atoms with Crippen LogP contribution in [0.3, 0.4) is 0 Å². The van der Waals surface area contributed by atoms with E-state index in [1.165, 1.54) is 18.0 Å². The van der Waals surface area contributed by atoms with Gasteiger partial charge in [-0.15, -0.1) is 0 Å². The molecule has 0 saturated carbocycles. The van der Waals surface area contributed by atoms with E-state index in [2.05, 4.69) is 5.32 Å². The molecule has 1 atom stereocenters. The SMILES string of the molecule is CNC(=O)C(Cc1ccccc1)N(Cc1cccc(C)c1)C(=O)CN(c1ccc(C)c(Cl)c1)S(C)(=O)=O. The normalized spacial score (nSPS) is 12.0. The van der Waals surface area contributed by atoms with Gasteiger partial charge in [0, 0.05) is 25.0 Å². The quantitative estimate of drug-likeness (QED) is 0.418. The Kier molecular flexibility index (Phi) is 9.34. The van der Waals surface area contributed by atoms with Gasteiger partial charge in [-0.2, -0.15) is 0 Å². The summed E-state index contributed by atoms with van der Waals surface area (Å²) in [7, 11) is -2.32. The molecule has 0 aliphatic carbocycles. The Balaban J connectivity index is 2.04. The number of carbonyl (C=O) groups is 2. The third-order valence-corrected chi connectivity index (χ3v) is 7.62. The molecule has 1 N–H and O–H groups in total. The number of halogens is 1. The van der Waals surface area contributed by atoms with Crippen LogP contribution in [-0.2, 0) is 32.6 Å². The maximum Gasteiger partial charge on any atom is 0.244 e. The fraction of sp³-hybridized carbons (Fsp3) is 0.286. The van der Waals surface area contributed by atoms with Gasteiger partial charge in [0.05, 0.1) is 11.9 Å². The number of likely N-dealkylation sites (N-methyl/N-ethyl adjacent to an activating group) is 1. The van der Waals surface area contributed by atoms with Crippen LogP contribution in [-0.4, -0.2) is 51.0 Å². The zero-order valence-electron chi connectivity index (χ0n) is 21.4. The van der Waals surface area contributed by atoms with Crippen LogP contribution in [0.4, 0.5) is 5.69 Å². The lowest BCUT2D eigenvalue weighted by Gasteiger charge is -2.33. The molecule has 7 nitrogen and oxygen atoms in total. The second-order valence-electron chi connectivity index (χ2n) is 9.03. The van der Waals surface area contributed by atoms with Gasteiger partial charge in [-0.05, 0) is 42.7 Å². The molecule has 3 aromatic rings. The maximum absolute atomic E-state index is 13.9. The summed E-state index contributed by atoms with van der Waals surface area (Å²) in [5.41, 5.74) is 3.79. The van der Waals surface area contributed by atoms with Crippen LogP contribution in [0, 0.1) is 13.8 Å². The van der Waals surface area contributed by atoms with Crippen molar-refractivity contribution in [3.8, 4) is 0 Å². The second-order valence-corrected chi connectivity index (χ2v) is 11.3. The molecule has 0 saturated heterocycles. The predicted molar refractivity (Wildman–Crippen MR) is 148 cm³/mol. The first-order valence-corrected chi connectivity index (χ1v) is 14.1. The van der Waals surface area contributed by atoms with Crippen molar-refractivity contribution in [1.29, 1.82) is 0 Å². The van der Waals surface area contributed by atoms with Crippen molar-refractivity contribution < 1.29 is 18.0 Å². The number of aryl methyl sites for hydroxylation is 2. The molecule has 3 aromatic carbocycles. The van der Waals surface area contributed by atoms with Gasteiger partial charge in [0.15, 0.2) is 0 Å². The van der Waals surface area contributed by atoms with E-state index in [0.29, 0.717) is 5.02 Å². The van der Waals surface area contributed by atoms with Crippen molar-refractivity contribution in [2.75, 3.05) is 24.2 Å². The fourth-order valence-corrected chi connectivity index (χ4v) is 5.09. The largest absolute Gasteiger partial charge is 0.357 e. The summed E-state index contributed by atoms with van der Waals surface area (Å²) in [6.07, 6.45) is 1.31. The monoisotopic (exact) mass is 541 g/mol. The second kappa shape index (κ2) is 12.3. The molecule has 0 heterocycles. The Bertz CT molecular complexity index is 1360. The number of anilines is 1. The Morgan fingerprint density at radius 1 is 0.946 bits per heavy atom. The van der Waals surface area contributed by atoms with Crippen molar-refractivity contribution in [2.45, 2.75) is 32.9 Å². The van der Waals surface area contributed by atoms with Crippen LogP contribution >= 0.6 is 11.6 Å². The van der Waals surface area contributed by atoms with Gasteiger partial charge in [-0.25, -0.2) is 8.42 Å². The molecule has 0 radical (unpaired) electrons. The summed E-state index contributed by atoms with van der Waals surface area (Å²) in [5, 5.41) is 3.06. The number of rotatable bonds is 10. The van der Waals surface area contributed by atoms with Gasteiger partial charge < -0.3 is 10.2 Å². The molecule has 0 aromatic heterocycles. The van der Waals surface area contributed by atoms with Gasteiger partial charge in [0.2, 0.25) is 21.8 Å². The van der Waals surface area contributed by atoms with E-state index in [0.717, 1.165) is 32.8 Å². The minimum Gasteiger partial charge on any atom is -0.357 e. The van der Waals surface area contributed by atoms with E-state index in [4.69, 9.17) is 11.6 Å². The third-order valence-electron chi connectivity index (χ3n) is 6.08. The van der Waals surface area contributed by atoms with Crippen LogP contribution < -0.4 is 9.62 Å². The third kappa shape index (κ3) is 7.57. The van der Waals surface area contributed by atoms with E-state index >= 15 is 0 Å². The van der Waals surface area contributed by atoms with Crippen LogP contribution in [0.25, 0.3) is 0 Å². The van der Waals surface area contributed by atoms with E-state index in [-0.39, 0.29) is 24.6 Å². The Morgan fingerprint density at radius 2 is 1.62 bits per heavy atom. The summed E-state index contributed by atoms with van der Waals surface area (Å²) in [4.78, 5) is 28.4. The van der Waals surface area contributed by atoms with Gasteiger partial charge in [-0.1, -0.05) is 77.8 Å². The van der Waals surface area contributed by atoms with E-state index in [9.17, 15) is 18.0 Å². The zero-order chi connectivity index (χ0) is 27.2. The Hall–Kier alpha value is -3.36. The van der Waals surface area contributed by atoms with E-state index < -0.39 is 28.5 Å². The van der Waals surface area contributed by atoms with Crippen molar-refractivity contribution in [1.82, 2.24) is 10.2 Å². The number of nitrogens with zero attached hydrogens (tertiary/aromatic N) is 2. The summed E-state index contributed by atoms with van der Waals surface area (Å²) in [6, 6.07) is 21.0. The highest BCUT2D eigenvalue weighted by molar-refractivity contribution is 7.92. The van der Waals surface area contributed by atoms with Gasteiger partial charge >= 0.3 is 0 Å². The molecule has 9 heteroatoms. The lowest BCUT2D eigenvalue weighted by molar-refractivity contribution is -0.139. The average Bonchev–Trinajstić information content (AvgIpc) is 2.86. The van der Waals surface area contributed by atoms with Crippen LogP contribution in [0.2, 0.25) is 5.02 Å². The number of hydrogen-bond donors (Lipinski definition) is 1. The number of sulfonamides is 1. The minimum absolute atomic E-state index is 0.137. The molecule has 1 unspecified atom stereocenters. The van der Waals surface area contributed by atoms with Crippen LogP contribution in [0.15, 0.2) is 72.8 Å². The zero-order valence-corrected chi connectivity index (χ0v) is 23.0. The number of carbonyl (C=O) groups excluding carboxylic acids is 2. The fourth-order valence-electron chi connectivity index (χ4n) is 4.08. The van der Waals surface area contributed by atoms with Crippen molar-refractivity contribution >= 4 is 39.1 Å². The van der Waals surface area contributed by atoms with Crippen molar-refractivity contribution in [2.24, 2.45) is 0 Å². The number of amides is 2. The number of hydrogen-bond acceptors (Lipinski definition) is 4. The number of nitrogens with one attached hydrogen (secondary N) is 1. The highest BCUT2D eigenvalue weighted by Crippen LogP contribution is 2.25. The lowest BCUT2D eigenvalue weighted by Crippen LogP contribution is -2.52. The highest BCUT2D eigenvalue weighted by atomic mass is 35.5. The van der Waals surface area contributed by atoms with Gasteiger partial charge in [0.1, 0.15) is 12.6 Å². The summed E-state index contributed by atoms with van der Waals surface area (Å²) >= 11 is 6.26. The summed E-state index contributed by atoms with van der Waals surface area (Å²) in [5.74, 6) is -0.845. The molecular weight excluding hydrogens is 510 g/mol. The standard InChI is InChI=1S/C28H32ClN3O4S/c1-20-9-8-12-23(15-20)18-31(26(28(34)30-3)16-22-10-6-5-7-11-22)27(33)19-32(37(4,35)36)24-14-13-21(2)25(29)17-24/h5-15,17,26H,16,18-19H2,1-4H3,(H,30,34). The molecular formula is C28H32ClN3O4S. The molecule has 0 aliphatic heterocycles. The highest BCUT2D eigenvalue weighted by Gasteiger charge is 2.32. The molecule has 196 valence electrons. The molecule has 0 spiro atoms. The van der Waals surface area contributed by atoms with Crippen LogP contribution in [0.1, 0.15) is 22.3 Å². The Morgan fingerprint density at radius 3 is 2.22 bits per heavy atom. The van der Waals surface area contributed by atoms with Crippen LogP contribution in [0.5, 0.6) is 0 Å². The van der Waals surface area contributed by atoms with E-state index in [1.54, 1.807) is 12.1 Å². The number of benzene rings is 3. The molecule has 0 fully saturated rings. The molecule has 37 heavy (non-hydrogen) atoms.